The molecule has 0 spiro atoms. The fraction of sp³-hybridized carbons (Fsp3) is 0.333. The summed E-state index contributed by atoms with van der Waals surface area (Å²) in [5.41, 5.74) is 2.01. The minimum atomic E-state index is -3.75. The standard InChI is InChI=1S/C18H20N2O4S/c1-18(2)12-11-17(15-5-3-4-6-16(15)18)19-25(23,24)14-9-7-13(8-10-14)20(21)22/h3-10,17,19H,11-12H2,1-2H3. The Bertz CT molecular complexity index is 905. The molecule has 0 fully saturated rings. The van der Waals surface area contributed by atoms with Crippen molar-refractivity contribution in [1.29, 1.82) is 0 Å². The minimum absolute atomic E-state index is 0.00585. The van der Waals surface area contributed by atoms with Gasteiger partial charge in [0.25, 0.3) is 5.69 Å². The van der Waals surface area contributed by atoms with Crippen LogP contribution in [0.3, 0.4) is 0 Å². The van der Waals surface area contributed by atoms with Crippen LogP contribution in [0.4, 0.5) is 5.69 Å². The lowest BCUT2D eigenvalue weighted by Gasteiger charge is -2.37. The lowest BCUT2D eigenvalue weighted by Crippen LogP contribution is -2.35. The summed E-state index contributed by atoms with van der Waals surface area (Å²) in [4.78, 5) is 10.2. The van der Waals surface area contributed by atoms with Crippen LogP contribution in [0.5, 0.6) is 0 Å². The molecule has 0 bridgehead atoms. The fourth-order valence-electron chi connectivity index (χ4n) is 3.34. The topological polar surface area (TPSA) is 89.3 Å². The number of nitro groups is 1. The first kappa shape index (κ1) is 17.6. The molecule has 0 amide bonds. The summed E-state index contributed by atoms with van der Waals surface area (Å²) in [5.74, 6) is 0. The molecule has 0 aliphatic heterocycles. The first-order valence-electron chi connectivity index (χ1n) is 8.07. The number of rotatable bonds is 4. The Balaban J connectivity index is 1.90. The van der Waals surface area contributed by atoms with E-state index in [0.29, 0.717) is 6.42 Å². The molecule has 7 heteroatoms. The first-order chi connectivity index (χ1) is 11.7. The predicted octanol–water partition coefficient (Wildman–Crippen LogP) is 3.69. The molecule has 2 aromatic carbocycles. The van der Waals surface area contributed by atoms with E-state index in [4.69, 9.17) is 0 Å². The molecule has 1 unspecified atom stereocenters. The first-order valence-corrected chi connectivity index (χ1v) is 9.55. The summed E-state index contributed by atoms with van der Waals surface area (Å²) >= 11 is 0. The highest BCUT2D eigenvalue weighted by Crippen LogP contribution is 2.41. The van der Waals surface area contributed by atoms with Crippen LogP contribution in [-0.4, -0.2) is 13.3 Å². The summed E-state index contributed by atoms with van der Waals surface area (Å²) in [5, 5.41) is 10.7. The van der Waals surface area contributed by atoms with Crippen LogP contribution in [0, 0.1) is 10.1 Å². The van der Waals surface area contributed by atoms with Gasteiger partial charge in [0, 0.05) is 18.2 Å². The van der Waals surface area contributed by atoms with E-state index >= 15 is 0 Å². The number of hydrogen-bond donors (Lipinski definition) is 1. The SMILES string of the molecule is CC1(C)CCC(NS(=O)(=O)c2ccc([N+](=O)[O-])cc2)c2ccccc21. The van der Waals surface area contributed by atoms with Crippen molar-refractivity contribution in [2.75, 3.05) is 0 Å². The van der Waals surface area contributed by atoms with Gasteiger partial charge in [-0.05, 0) is 41.5 Å². The van der Waals surface area contributed by atoms with Gasteiger partial charge in [0.2, 0.25) is 10.0 Å². The van der Waals surface area contributed by atoms with E-state index in [0.717, 1.165) is 17.5 Å². The third kappa shape index (κ3) is 3.43. The molecule has 1 atom stereocenters. The number of nitro benzene ring substituents is 1. The normalized spacial score (nSPS) is 19.2. The number of hydrogen-bond acceptors (Lipinski definition) is 4. The molecule has 0 saturated heterocycles. The van der Waals surface area contributed by atoms with Gasteiger partial charge in [-0.25, -0.2) is 13.1 Å². The quantitative estimate of drug-likeness (QED) is 0.665. The van der Waals surface area contributed by atoms with Gasteiger partial charge in [-0.1, -0.05) is 38.1 Å². The molecule has 0 heterocycles. The van der Waals surface area contributed by atoms with Gasteiger partial charge >= 0.3 is 0 Å². The van der Waals surface area contributed by atoms with Crippen molar-refractivity contribution in [3.05, 3.63) is 69.8 Å². The molecule has 3 rings (SSSR count). The number of non-ortho nitro benzene ring substituents is 1. The van der Waals surface area contributed by atoms with Crippen molar-refractivity contribution in [2.24, 2.45) is 0 Å². The molecule has 6 nitrogen and oxygen atoms in total. The number of nitrogens with zero attached hydrogens (tertiary/aromatic N) is 1. The average Bonchev–Trinajstić information content (AvgIpc) is 2.58. The molecule has 1 N–H and O–H groups in total. The van der Waals surface area contributed by atoms with Crippen molar-refractivity contribution in [1.82, 2.24) is 4.72 Å². The van der Waals surface area contributed by atoms with E-state index in [1.807, 2.05) is 24.3 Å². The molecule has 0 aromatic heterocycles. The Labute approximate surface area is 147 Å². The average molecular weight is 360 g/mol. The highest BCUT2D eigenvalue weighted by molar-refractivity contribution is 7.89. The van der Waals surface area contributed by atoms with Gasteiger partial charge in [0.15, 0.2) is 0 Å². The van der Waals surface area contributed by atoms with Crippen molar-refractivity contribution in [3.8, 4) is 0 Å². The van der Waals surface area contributed by atoms with Crippen LogP contribution < -0.4 is 4.72 Å². The molecule has 0 radical (unpaired) electrons. The van der Waals surface area contributed by atoms with Crippen LogP contribution in [0.15, 0.2) is 53.4 Å². The summed E-state index contributed by atoms with van der Waals surface area (Å²) in [7, 11) is -3.75. The lowest BCUT2D eigenvalue weighted by atomic mass is 9.71. The Kier molecular flexibility index (Phi) is 4.38. The van der Waals surface area contributed by atoms with E-state index < -0.39 is 14.9 Å². The Morgan fingerprint density at radius 1 is 1.12 bits per heavy atom. The zero-order chi connectivity index (χ0) is 18.2. The van der Waals surface area contributed by atoms with Crippen molar-refractivity contribution >= 4 is 15.7 Å². The van der Waals surface area contributed by atoms with Crippen LogP contribution >= 0.6 is 0 Å². The number of sulfonamides is 1. The fourth-order valence-corrected chi connectivity index (χ4v) is 4.59. The zero-order valence-electron chi connectivity index (χ0n) is 14.1. The maximum atomic E-state index is 12.7. The lowest BCUT2D eigenvalue weighted by molar-refractivity contribution is -0.384. The minimum Gasteiger partial charge on any atom is -0.258 e. The summed E-state index contributed by atoms with van der Waals surface area (Å²) in [6, 6.07) is 12.5. The van der Waals surface area contributed by atoms with Gasteiger partial charge in [0.05, 0.1) is 9.82 Å². The Morgan fingerprint density at radius 2 is 1.76 bits per heavy atom. The Morgan fingerprint density at radius 3 is 2.40 bits per heavy atom. The van der Waals surface area contributed by atoms with Gasteiger partial charge in [-0.2, -0.15) is 0 Å². The largest absolute Gasteiger partial charge is 0.269 e. The van der Waals surface area contributed by atoms with Crippen molar-refractivity contribution in [2.45, 2.75) is 43.0 Å². The van der Waals surface area contributed by atoms with Crippen LogP contribution in [-0.2, 0) is 15.4 Å². The van der Waals surface area contributed by atoms with Gasteiger partial charge in [0.1, 0.15) is 0 Å². The molecule has 1 aliphatic rings. The highest BCUT2D eigenvalue weighted by Gasteiger charge is 2.34. The Hall–Kier alpha value is -2.25. The molecular weight excluding hydrogens is 340 g/mol. The van der Waals surface area contributed by atoms with Crippen molar-refractivity contribution in [3.63, 3.8) is 0 Å². The second-order valence-electron chi connectivity index (χ2n) is 6.93. The van der Waals surface area contributed by atoms with E-state index in [9.17, 15) is 18.5 Å². The third-order valence-electron chi connectivity index (χ3n) is 4.78. The monoisotopic (exact) mass is 360 g/mol. The van der Waals surface area contributed by atoms with Crippen LogP contribution in [0.2, 0.25) is 0 Å². The second kappa shape index (κ2) is 6.24. The van der Waals surface area contributed by atoms with E-state index in [2.05, 4.69) is 18.6 Å². The number of fused-ring (bicyclic) bond motifs is 1. The number of nitrogens with one attached hydrogen (secondary N) is 1. The molecule has 132 valence electrons. The molecular formula is C18H20N2O4S. The molecule has 0 saturated carbocycles. The van der Waals surface area contributed by atoms with Crippen LogP contribution in [0.1, 0.15) is 43.9 Å². The van der Waals surface area contributed by atoms with Crippen molar-refractivity contribution < 1.29 is 13.3 Å². The van der Waals surface area contributed by atoms with Crippen LogP contribution in [0.25, 0.3) is 0 Å². The van der Waals surface area contributed by atoms with E-state index in [-0.39, 0.29) is 22.0 Å². The summed E-state index contributed by atoms with van der Waals surface area (Å²) in [6.07, 6.45) is 1.58. The summed E-state index contributed by atoms with van der Waals surface area (Å²) < 4.78 is 28.1. The van der Waals surface area contributed by atoms with Gasteiger partial charge in [-0.15, -0.1) is 0 Å². The summed E-state index contributed by atoms with van der Waals surface area (Å²) in [6.45, 7) is 4.32. The number of benzene rings is 2. The van der Waals surface area contributed by atoms with Gasteiger partial charge in [-0.3, -0.25) is 10.1 Å². The third-order valence-corrected chi connectivity index (χ3v) is 6.27. The van der Waals surface area contributed by atoms with E-state index in [1.54, 1.807) is 0 Å². The van der Waals surface area contributed by atoms with Gasteiger partial charge < -0.3 is 0 Å². The molecule has 25 heavy (non-hydrogen) atoms. The maximum Gasteiger partial charge on any atom is 0.269 e. The highest BCUT2D eigenvalue weighted by atomic mass is 32.2. The molecule has 2 aromatic rings. The zero-order valence-corrected chi connectivity index (χ0v) is 14.9. The second-order valence-corrected chi connectivity index (χ2v) is 8.65. The molecule has 1 aliphatic carbocycles. The smallest absolute Gasteiger partial charge is 0.258 e. The predicted molar refractivity (Wildman–Crippen MR) is 94.9 cm³/mol. The van der Waals surface area contributed by atoms with E-state index in [1.165, 1.54) is 24.3 Å². The maximum absolute atomic E-state index is 12.7.